The van der Waals surface area contributed by atoms with Crippen LogP contribution in [0.4, 0.5) is 10.5 Å². The number of nitrogens with zero attached hydrogens (tertiary/aromatic N) is 4. The molecule has 102 valence electrons. The lowest BCUT2D eigenvalue weighted by molar-refractivity contribution is 0.223. The number of carbonyl (C=O) groups is 1. The van der Waals surface area contributed by atoms with E-state index in [0.717, 1.165) is 22.0 Å². The summed E-state index contributed by atoms with van der Waals surface area (Å²) < 4.78 is 6.78. The fraction of sp³-hybridized carbons (Fsp3) is 0.364. The van der Waals surface area contributed by atoms with E-state index in [1.165, 1.54) is 7.05 Å². The average Bonchev–Trinajstić information content (AvgIpc) is 2.91. The largest absolute Gasteiger partial charge is 0.361 e. The lowest BCUT2D eigenvalue weighted by Gasteiger charge is -2.09. The Kier molecular flexibility index (Phi) is 3.52. The number of anilines is 1. The second-order valence-corrected chi connectivity index (χ2v) is 4.27. The summed E-state index contributed by atoms with van der Waals surface area (Å²) in [6, 6.07) is -0.406. The molecular weight excluding hydrogens is 248 g/mol. The lowest BCUT2D eigenvalue weighted by Crippen LogP contribution is -2.36. The van der Waals surface area contributed by atoms with Gasteiger partial charge in [-0.15, -0.1) is 0 Å². The van der Waals surface area contributed by atoms with E-state index in [-0.39, 0.29) is 0 Å². The summed E-state index contributed by atoms with van der Waals surface area (Å²) in [6.45, 7) is 4.27. The normalized spacial score (nSPS) is 10.5. The van der Waals surface area contributed by atoms with E-state index in [0.29, 0.717) is 12.2 Å². The summed E-state index contributed by atoms with van der Waals surface area (Å²) in [6.07, 6.45) is 3.27. The highest BCUT2D eigenvalue weighted by atomic mass is 16.5. The average molecular weight is 264 g/mol. The number of nitrogens with two attached hydrogens (primary N) is 1. The summed E-state index contributed by atoms with van der Waals surface area (Å²) in [5, 5.41) is 11.6. The van der Waals surface area contributed by atoms with Crippen LogP contribution in [0.3, 0.4) is 0 Å². The van der Waals surface area contributed by atoms with Gasteiger partial charge in [0.1, 0.15) is 5.76 Å². The number of hydrogen-bond acceptors (Lipinski definition) is 5. The number of hydrogen-bond donors (Lipinski definition) is 2. The van der Waals surface area contributed by atoms with Crippen molar-refractivity contribution < 1.29 is 9.32 Å². The van der Waals surface area contributed by atoms with E-state index in [2.05, 4.69) is 15.6 Å². The highest BCUT2D eigenvalue weighted by Gasteiger charge is 2.11. The zero-order valence-corrected chi connectivity index (χ0v) is 11.0. The van der Waals surface area contributed by atoms with Gasteiger partial charge in [0, 0.05) is 18.8 Å². The van der Waals surface area contributed by atoms with E-state index >= 15 is 0 Å². The smallest absolute Gasteiger partial charge is 0.335 e. The van der Waals surface area contributed by atoms with Gasteiger partial charge in [0.25, 0.3) is 0 Å². The Morgan fingerprint density at radius 3 is 2.89 bits per heavy atom. The van der Waals surface area contributed by atoms with Crippen LogP contribution in [0.1, 0.15) is 17.0 Å². The number of carbonyl (C=O) groups excluding carboxylic acids is 1. The predicted molar refractivity (Wildman–Crippen MR) is 68.3 cm³/mol. The Bertz CT molecular complexity index is 566. The number of nitrogens with one attached hydrogen (secondary N) is 1. The van der Waals surface area contributed by atoms with Crippen molar-refractivity contribution in [1.29, 1.82) is 0 Å². The highest BCUT2D eigenvalue weighted by Crippen LogP contribution is 2.14. The third-order valence-electron chi connectivity index (χ3n) is 2.71. The fourth-order valence-electron chi connectivity index (χ4n) is 1.62. The van der Waals surface area contributed by atoms with Gasteiger partial charge in [0.15, 0.2) is 0 Å². The molecule has 2 aromatic heterocycles. The molecule has 0 saturated heterocycles. The molecule has 0 aliphatic rings. The van der Waals surface area contributed by atoms with Gasteiger partial charge in [0.2, 0.25) is 0 Å². The minimum absolute atomic E-state index is 0.406. The Balaban J connectivity index is 2.08. The monoisotopic (exact) mass is 264 g/mol. The molecular formula is C11H16N6O2. The van der Waals surface area contributed by atoms with Crippen molar-refractivity contribution in [3.63, 3.8) is 0 Å². The Morgan fingerprint density at radius 2 is 2.32 bits per heavy atom. The number of rotatable bonds is 3. The number of urea groups is 1. The summed E-state index contributed by atoms with van der Waals surface area (Å²) in [5.41, 5.74) is 2.39. The number of amides is 2. The van der Waals surface area contributed by atoms with Gasteiger partial charge in [-0.1, -0.05) is 5.16 Å². The molecule has 0 radical (unpaired) electrons. The summed E-state index contributed by atoms with van der Waals surface area (Å²) in [5.74, 6) is 6.08. The van der Waals surface area contributed by atoms with Crippen LogP contribution in [-0.2, 0) is 6.54 Å². The Hall–Kier alpha value is -2.35. The van der Waals surface area contributed by atoms with Crippen molar-refractivity contribution in [3.05, 3.63) is 29.4 Å². The molecule has 19 heavy (non-hydrogen) atoms. The van der Waals surface area contributed by atoms with E-state index < -0.39 is 6.03 Å². The molecule has 0 bridgehead atoms. The molecule has 0 fully saturated rings. The second-order valence-electron chi connectivity index (χ2n) is 4.27. The summed E-state index contributed by atoms with van der Waals surface area (Å²) in [7, 11) is 1.46. The molecule has 0 unspecified atom stereocenters. The highest BCUT2D eigenvalue weighted by molar-refractivity contribution is 5.88. The van der Waals surface area contributed by atoms with Gasteiger partial charge >= 0.3 is 6.03 Å². The van der Waals surface area contributed by atoms with Gasteiger partial charge in [-0.2, -0.15) is 5.10 Å². The summed E-state index contributed by atoms with van der Waals surface area (Å²) in [4.78, 5) is 11.4. The van der Waals surface area contributed by atoms with Crippen molar-refractivity contribution in [3.8, 4) is 0 Å². The standard InChI is InChI=1S/C11H16N6O2/c1-7-10(8(2)19-15-7)6-17-5-9(4-13-17)14-11(18)16(3)12/h4-5H,6,12H2,1-3H3,(H,14,18). The first-order chi connectivity index (χ1) is 8.97. The lowest BCUT2D eigenvalue weighted by atomic mass is 10.2. The quantitative estimate of drug-likeness (QED) is 0.486. The van der Waals surface area contributed by atoms with Crippen molar-refractivity contribution in [2.75, 3.05) is 12.4 Å². The van der Waals surface area contributed by atoms with Crippen LogP contribution in [-0.4, -0.2) is 33.0 Å². The molecule has 3 N–H and O–H groups in total. The molecule has 2 rings (SSSR count). The third-order valence-corrected chi connectivity index (χ3v) is 2.71. The van der Waals surface area contributed by atoms with Crippen LogP contribution in [0.15, 0.2) is 16.9 Å². The van der Waals surface area contributed by atoms with E-state index in [1.54, 1.807) is 17.1 Å². The molecule has 0 aliphatic carbocycles. The zero-order valence-electron chi connectivity index (χ0n) is 11.0. The van der Waals surface area contributed by atoms with Crippen LogP contribution in [0.25, 0.3) is 0 Å². The number of hydrazine groups is 1. The predicted octanol–water partition coefficient (Wildman–Crippen LogP) is 0.874. The molecule has 2 aromatic rings. The van der Waals surface area contributed by atoms with Crippen LogP contribution in [0.2, 0.25) is 0 Å². The van der Waals surface area contributed by atoms with Crippen molar-refractivity contribution in [1.82, 2.24) is 19.9 Å². The maximum atomic E-state index is 11.4. The first-order valence-corrected chi connectivity index (χ1v) is 5.71. The van der Waals surface area contributed by atoms with E-state index in [9.17, 15) is 4.79 Å². The SMILES string of the molecule is Cc1noc(C)c1Cn1cc(NC(=O)N(C)N)cn1. The van der Waals surface area contributed by atoms with E-state index in [4.69, 9.17) is 10.4 Å². The minimum atomic E-state index is -0.406. The fourth-order valence-corrected chi connectivity index (χ4v) is 1.62. The maximum absolute atomic E-state index is 11.4. The van der Waals surface area contributed by atoms with Crippen LogP contribution >= 0.6 is 0 Å². The number of aryl methyl sites for hydroxylation is 2. The van der Waals surface area contributed by atoms with Crippen LogP contribution in [0, 0.1) is 13.8 Å². The van der Waals surface area contributed by atoms with Crippen molar-refractivity contribution in [2.45, 2.75) is 20.4 Å². The zero-order chi connectivity index (χ0) is 14.0. The third kappa shape index (κ3) is 2.91. The molecule has 0 aliphatic heterocycles. The minimum Gasteiger partial charge on any atom is -0.361 e. The van der Waals surface area contributed by atoms with E-state index in [1.807, 2.05) is 13.8 Å². The second kappa shape index (κ2) is 5.11. The number of aromatic nitrogens is 3. The molecule has 0 atom stereocenters. The maximum Gasteiger partial charge on any atom is 0.335 e. The molecule has 0 spiro atoms. The molecule has 2 amide bonds. The Morgan fingerprint density at radius 1 is 1.58 bits per heavy atom. The first-order valence-electron chi connectivity index (χ1n) is 5.71. The Labute approximate surface area is 110 Å². The van der Waals surface area contributed by atoms with Crippen molar-refractivity contribution >= 4 is 11.7 Å². The van der Waals surface area contributed by atoms with Crippen molar-refractivity contribution in [2.24, 2.45) is 5.84 Å². The summed E-state index contributed by atoms with van der Waals surface area (Å²) >= 11 is 0. The van der Waals surface area contributed by atoms with Gasteiger partial charge in [-0.25, -0.2) is 10.6 Å². The molecule has 2 heterocycles. The van der Waals surface area contributed by atoms with Gasteiger partial charge in [0.05, 0.1) is 24.1 Å². The van der Waals surface area contributed by atoms with Crippen LogP contribution in [0.5, 0.6) is 0 Å². The molecule has 8 heteroatoms. The molecule has 0 aromatic carbocycles. The topological polar surface area (TPSA) is 102 Å². The van der Waals surface area contributed by atoms with Gasteiger partial charge in [-0.3, -0.25) is 9.69 Å². The molecule has 0 saturated carbocycles. The molecule has 8 nitrogen and oxygen atoms in total. The van der Waals surface area contributed by atoms with Crippen LogP contribution < -0.4 is 11.2 Å². The van der Waals surface area contributed by atoms with Gasteiger partial charge in [-0.05, 0) is 13.8 Å². The first kappa shape index (κ1) is 13.1. The van der Waals surface area contributed by atoms with Gasteiger partial charge < -0.3 is 9.84 Å².